The number of rotatable bonds is 6. The van der Waals surface area contributed by atoms with Crippen LogP contribution in [0.2, 0.25) is 0 Å². The smallest absolute Gasteiger partial charge is 0.265 e. The van der Waals surface area contributed by atoms with Gasteiger partial charge >= 0.3 is 0 Å². The highest BCUT2D eigenvalue weighted by Crippen LogP contribution is 2.22. The Morgan fingerprint density at radius 3 is 2.81 bits per heavy atom. The largest absolute Gasteiger partial charge is 0.369 e. The highest BCUT2D eigenvalue weighted by atomic mass is 32.2. The summed E-state index contributed by atoms with van der Waals surface area (Å²) in [7, 11) is -3.94. The molecule has 2 heterocycles. The third kappa shape index (κ3) is 3.66. The topological polar surface area (TPSA) is 84.0 Å². The number of halogens is 1. The average Bonchev–Trinajstić information content (AvgIpc) is 2.47. The number of hydrogen-bond acceptors (Lipinski definition) is 5. The summed E-state index contributed by atoms with van der Waals surface area (Å²) in [4.78, 5) is 7.55. The van der Waals surface area contributed by atoms with Crippen molar-refractivity contribution in [2.75, 3.05) is 16.6 Å². The van der Waals surface area contributed by atoms with Gasteiger partial charge in [0.1, 0.15) is 10.7 Å². The van der Waals surface area contributed by atoms with Crippen molar-refractivity contribution in [1.29, 1.82) is 0 Å². The number of hydrogen-bond donors (Lipinski definition) is 2. The van der Waals surface area contributed by atoms with Crippen molar-refractivity contribution in [3.05, 3.63) is 42.6 Å². The molecule has 6 nitrogen and oxygen atoms in total. The van der Waals surface area contributed by atoms with Crippen molar-refractivity contribution < 1.29 is 12.8 Å². The van der Waals surface area contributed by atoms with Gasteiger partial charge in [-0.2, -0.15) is 0 Å². The number of sulfonamides is 1. The molecule has 0 bridgehead atoms. The predicted octanol–water partition coefficient (Wildman–Crippen LogP) is 2.24. The lowest BCUT2D eigenvalue weighted by Crippen LogP contribution is -2.17. The minimum absolute atomic E-state index is 0.0327. The molecule has 2 aromatic rings. The molecule has 0 unspecified atom stereocenters. The maximum Gasteiger partial charge on any atom is 0.265 e. The molecule has 0 fully saturated rings. The van der Waals surface area contributed by atoms with Gasteiger partial charge in [-0.15, -0.1) is 0 Å². The summed E-state index contributed by atoms with van der Waals surface area (Å²) < 4.78 is 40.4. The lowest BCUT2D eigenvalue weighted by Gasteiger charge is -2.12. The van der Waals surface area contributed by atoms with Crippen molar-refractivity contribution in [1.82, 2.24) is 9.97 Å². The second-order valence-corrected chi connectivity index (χ2v) is 5.89. The van der Waals surface area contributed by atoms with E-state index in [0.717, 1.165) is 12.6 Å². The minimum atomic E-state index is -3.94. The van der Waals surface area contributed by atoms with E-state index in [1.807, 2.05) is 6.92 Å². The summed E-state index contributed by atoms with van der Waals surface area (Å²) >= 11 is 0. The van der Waals surface area contributed by atoms with Gasteiger partial charge in [0, 0.05) is 18.9 Å². The van der Waals surface area contributed by atoms with Crippen LogP contribution in [0.5, 0.6) is 0 Å². The first-order valence-electron chi connectivity index (χ1n) is 6.36. The zero-order valence-electron chi connectivity index (χ0n) is 11.4. The number of nitrogens with zero attached hydrogens (tertiary/aromatic N) is 2. The van der Waals surface area contributed by atoms with E-state index in [0.29, 0.717) is 6.54 Å². The van der Waals surface area contributed by atoms with Crippen LogP contribution in [0.4, 0.5) is 15.9 Å². The molecular weight excluding hydrogens is 295 g/mol. The summed E-state index contributed by atoms with van der Waals surface area (Å²) in [6.45, 7) is 2.54. The normalized spacial score (nSPS) is 11.1. The summed E-state index contributed by atoms with van der Waals surface area (Å²) in [5.74, 6) is -0.505. The summed E-state index contributed by atoms with van der Waals surface area (Å²) in [5, 5.41) is 2.93. The Hall–Kier alpha value is -2.22. The molecule has 21 heavy (non-hydrogen) atoms. The van der Waals surface area contributed by atoms with Crippen LogP contribution in [-0.4, -0.2) is 24.9 Å². The Morgan fingerprint density at radius 1 is 1.29 bits per heavy atom. The zero-order chi connectivity index (χ0) is 15.3. The third-order valence-corrected chi connectivity index (χ3v) is 4.02. The SMILES string of the molecule is CCCNc1ncccc1S(=O)(=O)Nc1ccncc1F. The molecular formula is C13H15FN4O2S. The zero-order valence-corrected chi connectivity index (χ0v) is 12.2. The van der Waals surface area contributed by atoms with Crippen molar-refractivity contribution in [3.8, 4) is 0 Å². The van der Waals surface area contributed by atoms with Gasteiger partial charge in [-0.3, -0.25) is 9.71 Å². The van der Waals surface area contributed by atoms with Gasteiger partial charge in [0.25, 0.3) is 10.0 Å². The molecule has 2 N–H and O–H groups in total. The molecule has 0 spiro atoms. The first-order valence-corrected chi connectivity index (χ1v) is 7.84. The maximum absolute atomic E-state index is 13.5. The van der Waals surface area contributed by atoms with Gasteiger partial charge in [-0.05, 0) is 24.6 Å². The molecule has 0 amide bonds. The van der Waals surface area contributed by atoms with E-state index in [9.17, 15) is 12.8 Å². The van der Waals surface area contributed by atoms with Crippen LogP contribution in [-0.2, 0) is 10.0 Å². The van der Waals surface area contributed by atoms with Crippen LogP contribution < -0.4 is 10.0 Å². The fraction of sp³-hybridized carbons (Fsp3) is 0.231. The maximum atomic E-state index is 13.5. The van der Waals surface area contributed by atoms with Crippen LogP contribution in [0, 0.1) is 5.82 Å². The standard InChI is InChI=1S/C13H15FN4O2S/c1-2-6-16-13-12(4-3-7-17-13)21(19,20)18-11-5-8-15-9-10(11)14/h3-5,7-9H,2,6H2,1H3,(H,15,18)(H,16,17). The van der Waals surface area contributed by atoms with E-state index < -0.39 is 15.8 Å². The molecule has 2 rings (SSSR count). The van der Waals surface area contributed by atoms with Crippen molar-refractivity contribution in [2.24, 2.45) is 0 Å². The van der Waals surface area contributed by atoms with Gasteiger partial charge in [0.15, 0.2) is 5.82 Å². The number of anilines is 2. The predicted molar refractivity (Wildman–Crippen MR) is 78.0 cm³/mol. The van der Waals surface area contributed by atoms with E-state index in [-0.39, 0.29) is 16.4 Å². The fourth-order valence-corrected chi connectivity index (χ4v) is 2.84. The van der Waals surface area contributed by atoms with Gasteiger partial charge in [0.05, 0.1) is 11.9 Å². The first kappa shape index (κ1) is 15.2. The molecule has 112 valence electrons. The average molecular weight is 310 g/mol. The highest BCUT2D eigenvalue weighted by molar-refractivity contribution is 7.92. The summed E-state index contributed by atoms with van der Waals surface area (Å²) in [5.41, 5.74) is -0.157. The lowest BCUT2D eigenvalue weighted by atomic mass is 10.4. The summed E-state index contributed by atoms with van der Waals surface area (Å²) in [6, 6.07) is 4.17. The minimum Gasteiger partial charge on any atom is -0.369 e. The molecule has 8 heteroatoms. The van der Waals surface area contributed by atoms with Gasteiger partial charge < -0.3 is 5.32 Å². The lowest BCUT2D eigenvalue weighted by molar-refractivity contribution is 0.598. The van der Waals surface area contributed by atoms with Crippen LogP contribution in [0.1, 0.15) is 13.3 Å². The second kappa shape index (κ2) is 6.49. The van der Waals surface area contributed by atoms with Gasteiger partial charge in [-0.1, -0.05) is 6.92 Å². The Bertz CT molecular complexity index is 722. The second-order valence-electron chi connectivity index (χ2n) is 4.24. The number of aromatic nitrogens is 2. The molecule has 0 saturated carbocycles. The van der Waals surface area contributed by atoms with Crippen molar-refractivity contribution >= 4 is 21.5 Å². The molecule has 0 atom stereocenters. The Kier molecular flexibility index (Phi) is 4.69. The third-order valence-electron chi connectivity index (χ3n) is 2.62. The highest BCUT2D eigenvalue weighted by Gasteiger charge is 2.20. The van der Waals surface area contributed by atoms with E-state index >= 15 is 0 Å². The Labute approximate surface area is 122 Å². The number of pyridine rings is 2. The first-order chi connectivity index (χ1) is 10.0. The molecule has 0 aliphatic heterocycles. The van der Waals surface area contributed by atoms with Crippen LogP contribution in [0.25, 0.3) is 0 Å². The Balaban J connectivity index is 2.34. The number of nitrogens with one attached hydrogen (secondary N) is 2. The molecule has 2 aromatic heterocycles. The molecule has 0 aliphatic carbocycles. The van der Waals surface area contributed by atoms with Crippen molar-refractivity contribution in [2.45, 2.75) is 18.2 Å². The van der Waals surface area contributed by atoms with Crippen LogP contribution in [0.3, 0.4) is 0 Å². The fourth-order valence-electron chi connectivity index (χ4n) is 1.64. The van der Waals surface area contributed by atoms with E-state index in [4.69, 9.17) is 0 Å². The summed E-state index contributed by atoms with van der Waals surface area (Å²) in [6.07, 6.45) is 4.56. The van der Waals surface area contributed by atoms with Crippen LogP contribution >= 0.6 is 0 Å². The monoisotopic (exact) mass is 310 g/mol. The van der Waals surface area contributed by atoms with Gasteiger partial charge in [0.2, 0.25) is 0 Å². The Morgan fingerprint density at radius 2 is 2.10 bits per heavy atom. The van der Waals surface area contributed by atoms with Crippen molar-refractivity contribution in [3.63, 3.8) is 0 Å². The van der Waals surface area contributed by atoms with E-state index in [1.165, 1.54) is 30.6 Å². The molecule has 0 aromatic carbocycles. The van der Waals surface area contributed by atoms with Gasteiger partial charge in [-0.25, -0.2) is 17.8 Å². The van der Waals surface area contributed by atoms with E-state index in [2.05, 4.69) is 20.0 Å². The molecule has 0 radical (unpaired) electrons. The van der Waals surface area contributed by atoms with E-state index in [1.54, 1.807) is 0 Å². The quantitative estimate of drug-likeness (QED) is 0.855. The molecule has 0 saturated heterocycles. The van der Waals surface area contributed by atoms with Crippen LogP contribution in [0.15, 0.2) is 41.7 Å². The molecule has 0 aliphatic rings.